The molecule has 0 spiro atoms. The number of halogens is 2. The van der Waals surface area contributed by atoms with E-state index in [-0.39, 0.29) is 5.82 Å². The summed E-state index contributed by atoms with van der Waals surface area (Å²) in [4.78, 5) is 1.95. The van der Waals surface area contributed by atoms with Crippen molar-refractivity contribution in [3.8, 4) is 20.9 Å². The molecule has 0 saturated heterocycles. The van der Waals surface area contributed by atoms with Gasteiger partial charge in [0.25, 0.3) is 0 Å². The number of thiophene rings is 1. The van der Waals surface area contributed by atoms with Crippen LogP contribution in [0.25, 0.3) is 31.9 Å². The van der Waals surface area contributed by atoms with Crippen molar-refractivity contribution in [3.63, 3.8) is 0 Å². The molecular formula is C25H26ClFN2S2. The van der Waals surface area contributed by atoms with Crippen LogP contribution in [0.5, 0.6) is 0 Å². The summed E-state index contributed by atoms with van der Waals surface area (Å²) < 4.78 is 23.7. The Morgan fingerprint density at radius 1 is 0.935 bits per heavy atom. The lowest BCUT2D eigenvalue weighted by molar-refractivity contribution is 0.421. The van der Waals surface area contributed by atoms with Gasteiger partial charge in [0.15, 0.2) is 0 Å². The Kier molecular flexibility index (Phi) is 7.36. The largest absolute Gasteiger partial charge is 0.206 e. The summed E-state index contributed by atoms with van der Waals surface area (Å²) in [6.07, 6.45) is 7.07. The second-order valence-corrected chi connectivity index (χ2v) is 10.0. The van der Waals surface area contributed by atoms with Crippen LogP contribution < -0.4 is 0 Å². The summed E-state index contributed by atoms with van der Waals surface area (Å²) in [5, 5.41) is 0.603. The van der Waals surface area contributed by atoms with E-state index in [4.69, 9.17) is 11.6 Å². The minimum absolute atomic E-state index is 0.149. The molecule has 0 aliphatic heterocycles. The van der Waals surface area contributed by atoms with Crippen LogP contribution >= 0.6 is 34.7 Å². The van der Waals surface area contributed by atoms with Crippen LogP contribution in [-0.4, -0.2) is 8.75 Å². The summed E-state index contributed by atoms with van der Waals surface area (Å²) in [6.45, 7) is 4.49. The highest BCUT2D eigenvalue weighted by molar-refractivity contribution is 7.19. The molecule has 162 valence electrons. The van der Waals surface area contributed by atoms with Gasteiger partial charge in [-0.05, 0) is 54.7 Å². The summed E-state index contributed by atoms with van der Waals surface area (Å²) in [5.74, 6) is 0.586. The smallest absolute Gasteiger partial charge is 0.132 e. The van der Waals surface area contributed by atoms with E-state index in [9.17, 15) is 4.39 Å². The lowest BCUT2D eigenvalue weighted by atomic mass is 9.92. The van der Waals surface area contributed by atoms with Crippen molar-refractivity contribution in [1.29, 1.82) is 0 Å². The number of fused-ring (bicyclic) bond motifs is 1. The molecule has 0 saturated carbocycles. The van der Waals surface area contributed by atoms with E-state index in [1.807, 2.05) is 30.3 Å². The predicted octanol–water partition coefficient (Wildman–Crippen LogP) is 9.03. The van der Waals surface area contributed by atoms with Crippen LogP contribution in [0.3, 0.4) is 0 Å². The molecule has 0 aliphatic carbocycles. The number of nitrogens with zero attached hydrogens (tertiary/aromatic N) is 2. The third kappa shape index (κ3) is 5.00. The molecule has 0 radical (unpaired) electrons. The van der Waals surface area contributed by atoms with E-state index in [0.717, 1.165) is 62.4 Å². The average Bonchev–Trinajstić information content (AvgIpc) is 3.45. The molecular weight excluding hydrogens is 447 g/mol. The highest BCUT2D eigenvalue weighted by atomic mass is 35.5. The second kappa shape index (κ2) is 10.2. The maximum atomic E-state index is 15.0. The molecule has 0 aliphatic rings. The highest BCUT2D eigenvalue weighted by Crippen LogP contribution is 2.39. The van der Waals surface area contributed by atoms with Gasteiger partial charge < -0.3 is 0 Å². The first kappa shape index (κ1) is 22.4. The molecule has 2 aromatic heterocycles. The monoisotopic (exact) mass is 472 g/mol. The zero-order chi connectivity index (χ0) is 21.8. The third-order valence-electron chi connectivity index (χ3n) is 5.92. The first-order valence-electron chi connectivity index (χ1n) is 10.9. The summed E-state index contributed by atoms with van der Waals surface area (Å²) in [7, 11) is 0. The van der Waals surface area contributed by atoms with Gasteiger partial charge in [-0.1, -0.05) is 63.3 Å². The van der Waals surface area contributed by atoms with E-state index >= 15 is 0 Å². The Morgan fingerprint density at radius 2 is 1.68 bits per heavy atom. The molecule has 2 heterocycles. The van der Waals surface area contributed by atoms with Gasteiger partial charge in [0.1, 0.15) is 16.9 Å². The van der Waals surface area contributed by atoms with Crippen LogP contribution in [0, 0.1) is 11.7 Å². The Labute approximate surface area is 196 Å². The van der Waals surface area contributed by atoms with Crippen molar-refractivity contribution >= 4 is 45.7 Å². The summed E-state index contributed by atoms with van der Waals surface area (Å²) in [5.41, 5.74) is 4.24. The maximum Gasteiger partial charge on any atom is 0.132 e. The number of aromatic nitrogens is 2. The van der Waals surface area contributed by atoms with Gasteiger partial charge in [-0.15, -0.1) is 11.3 Å². The molecule has 0 fully saturated rings. The normalized spacial score (nSPS) is 12.5. The molecule has 2 nitrogen and oxygen atoms in total. The van der Waals surface area contributed by atoms with Crippen molar-refractivity contribution in [1.82, 2.24) is 8.75 Å². The number of hydrogen-bond acceptors (Lipinski definition) is 4. The van der Waals surface area contributed by atoms with Crippen LogP contribution in [0.1, 0.15) is 51.5 Å². The lowest BCUT2D eigenvalue weighted by Crippen LogP contribution is -2.01. The Bertz CT molecular complexity index is 1170. The highest BCUT2D eigenvalue weighted by Gasteiger charge is 2.15. The van der Waals surface area contributed by atoms with Gasteiger partial charge in [-0.2, -0.15) is 8.75 Å². The fourth-order valence-corrected chi connectivity index (χ4v) is 5.87. The number of unbranched alkanes of at least 4 members (excludes halogenated alkanes) is 1. The third-order valence-corrected chi connectivity index (χ3v) is 7.91. The maximum absolute atomic E-state index is 15.0. The van der Waals surface area contributed by atoms with Crippen LogP contribution in [0.15, 0.2) is 42.5 Å². The van der Waals surface area contributed by atoms with Crippen molar-refractivity contribution in [2.45, 2.75) is 52.4 Å². The van der Waals surface area contributed by atoms with E-state index < -0.39 is 0 Å². The second-order valence-electron chi connectivity index (χ2n) is 7.99. The van der Waals surface area contributed by atoms with Crippen molar-refractivity contribution < 1.29 is 4.39 Å². The van der Waals surface area contributed by atoms with E-state index in [1.54, 1.807) is 17.4 Å². The fourth-order valence-electron chi connectivity index (χ4n) is 3.99. The zero-order valence-electron chi connectivity index (χ0n) is 17.8. The molecule has 1 atom stereocenters. The topological polar surface area (TPSA) is 25.8 Å². The number of aryl methyl sites for hydroxylation is 1. The van der Waals surface area contributed by atoms with E-state index in [0.29, 0.717) is 10.6 Å². The lowest BCUT2D eigenvalue weighted by Gasteiger charge is -2.14. The van der Waals surface area contributed by atoms with Crippen molar-refractivity contribution in [2.75, 3.05) is 0 Å². The Morgan fingerprint density at radius 3 is 2.42 bits per heavy atom. The molecule has 2 aromatic carbocycles. The van der Waals surface area contributed by atoms with Gasteiger partial charge in [0.05, 0.1) is 16.8 Å². The summed E-state index contributed by atoms with van der Waals surface area (Å²) >= 11 is 8.96. The molecule has 0 N–H and O–H groups in total. The zero-order valence-corrected chi connectivity index (χ0v) is 20.2. The molecule has 0 amide bonds. The molecule has 0 bridgehead atoms. The first-order valence-corrected chi connectivity index (χ1v) is 12.8. The van der Waals surface area contributed by atoms with Gasteiger partial charge >= 0.3 is 0 Å². The van der Waals surface area contributed by atoms with Crippen LogP contribution in [0.4, 0.5) is 4.39 Å². The van der Waals surface area contributed by atoms with Crippen molar-refractivity contribution in [3.05, 3.63) is 58.9 Å². The van der Waals surface area contributed by atoms with Gasteiger partial charge in [0.2, 0.25) is 0 Å². The minimum Gasteiger partial charge on any atom is -0.206 e. The number of benzene rings is 2. The van der Waals surface area contributed by atoms with Gasteiger partial charge in [0, 0.05) is 20.9 Å². The summed E-state index contributed by atoms with van der Waals surface area (Å²) in [6, 6.07) is 13.5. The standard InChI is InChI=1S/C25H26ClFN2S2/c1-3-5-6-16(4-2)7-8-17-9-10-18(21(27)15-17)22-13-14-23(30-22)19-11-12-20(26)25-24(19)28-31-29-25/h9-16H,3-8H2,1-2H3. The van der Waals surface area contributed by atoms with Gasteiger partial charge in [-0.3, -0.25) is 0 Å². The molecule has 1 unspecified atom stereocenters. The average molecular weight is 473 g/mol. The molecule has 4 aromatic rings. The van der Waals surface area contributed by atoms with E-state index in [1.165, 1.54) is 25.7 Å². The van der Waals surface area contributed by atoms with Crippen molar-refractivity contribution in [2.24, 2.45) is 5.92 Å². The fraction of sp³-hybridized carbons (Fsp3) is 0.360. The molecule has 31 heavy (non-hydrogen) atoms. The number of rotatable bonds is 9. The number of hydrogen-bond donors (Lipinski definition) is 0. The molecule has 6 heteroatoms. The van der Waals surface area contributed by atoms with E-state index in [2.05, 4.69) is 28.7 Å². The first-order chi connectivity index (χ1) is 15.1. The van der Waals surface area contributed by atoms with Crippen LogP contribution in [0.2, 0.25) is 5.02 Å². The van der Waals surface area contributed by atoms with Crippen LogP contribution in [-0.2, 0) is 6.42 Å². The Balaban J connectivity index is 1.52. The quantitative estimate of drug-likeness (QED) is 0.243. The molecule has 4 rings (SSSR count). The SMILES string of the molecule is CCCCC(CC)CCc1ccc(-c2ccc(-c3ccc(Cl)c4nsnc34)s2)c(F)c1. The predicted molar refractivity (Wildman–Crippen MR) is 133 cm³/mol. The van der Waals surface area contributed by atoms with Gasteiger partial charge in [-0.25, -0.2) is 4.39 Å². The Hall–Kier alpha value is -1.82. The minimum atomic E-state index is -0.149.